The Morgan fingerprint density at radius 2 is 1.97 bits per heavy atom. The van der Waals surface area contributed by atoms with Gasteiger partial charge in [-0.1, -0.05) is 29.8 Å². The smallest absolute Gasteiger partial charge is 0.268 e. The van der Waals surface area contributed by atoms with Crippen molar-refractivity contribution < 1.29 is 26.7 Å². The summed E-state index contributed by atoms with van der Waals surface area (Å²) < 4.78 is 51.6. The minimum atomic E-state index is -3.92. The lowest BCUT2D eigenvalue weighted by atomic mass is 10.0. The molecular formula is C16H15ClIN3O6S2. The number of phenolic OH excluding ortho intramolecular Hbond substituents is 1. The number of phenols is 1. The fraction of sp³-hybridized carbons (Fsp3) is 0.188. The predicted octanol–water partition coefficient (Wildman–Crippen LogP) is 2.25. The van der Waals surface area contributed by atoms with Crippen molar-refractivity contribution in [1.29, 1.82) is 0 Å². The molecule has 1 aliphatic heterocycles. The van der Waals surface area contributed by atoms with Crippen molar-refractivity contribution in [2.45, 2.75) is 6.42 Å². The van der Waals surface area contributed by atoms with Gasteiger partial charge in [0, 0.05) is 0 Å². The highest BCUT2D eigenvalue weighted by molar-refractivity contribution is 14.1. The number of para-hydroxylation sites is 1. The number of hydrazine groups is 1. The number of rotatable bonds is 5. The second-order valence-electron chi connectivity index (χ2n) is 6.30. The molecule has 0 aromatic heterocycles. The normalized spacial score (nSPS) is 16.3. The van der Waals surface area contributed by atoms with Gasteiger partial charge >= 0.3 is 0 Å². The van der Waals surface area contributed by atoms with Gasteiger partial charge in [0.05, 0.1) is 39.8 Å². The number of hydrogen-bond donors (Lipinski definition) is 2. The average molecular weight is 572 g/mol. The number of hydrogen-bond acceptors (Lipinski definition) is 6. The molecule has 13 heteroatoms. The Bertz CT molecular complexity index is 1200. The number of benzene rings is 2. The minimum Gasteiger partial charge on any atom is -0.506 e. The molecule has 2 N–H and O–H groups in total. The van der Waals surface area contributed by atoms with E-state index in [1.54, 1.807) is 47.1 Å². The molecule has 2 aromatic rings. The molecule has 29 heavy (non-hydrogen) atoms. The van der Waals surface area contributed by atoms with Crippen LogP contribution in [0.2, 0.25) is 5.02 Å². The van der Waals surface area contributed by atoms with Crippen molar-refractivity contribution in [2.24, 2.45) is 0 Å². The summed E-state index contributed by atoms with van der Waals surface area (Å²) in [6.45, 7) is 0. The molecular weight excluding hydrogens is 557 g/mol. The molecule has 0 radical (unpaired) electrons. The second-order valence-corrected chi connectivity index (χ2v) is 11.2. The van der Waals surface area contributed by atoms with Crippen molar-refractivity contribution in [2.75, 3.05) is 21.1 Å². The lowest BCUT2D eigenvalue weighted by Gasteiger charge is -2.23. The summed E-state index contributed by atoms with van der Waals surface area (Å²) in [5.74, 6) is -1.65. The number of nitrogens with one attached hydrogen (secondary N) is 1. The Morgan fingerprint density at radius 1 is 1.28 bits per heavy atom. The maximum atomic E-state index is 12.2. The first-order valence-electron chi connectivity index (χ1n) is 7.98. The van der Waals surface area contributed by atoms with Crippen LogP contribution in [0.4, 0.5) is 11.4 Å². The summed E-state index contributed by atoms with van der Waals surface area (Å²) >= 11 is 7.67. The van der Waals surface area contributed by atoms with Crippen LogP contribution >= 0.6 is 34.5 Å². The molecule has 1 aliphatic rings. The average Bonchev–Trinajstić information content (AvgIpc) is 2.78. The highest BCUT2D eigenvalue weighted by Crippen LogP contribution is 2.37. The molecule has 0 unspecified atom stereocenters. The third-order valence-corrected chi connectivity index (χ3v) is 7.61. The summed E-state index contributed by atoms with van der Waals surface area (Å²) in [4.78, 5) is 11.7. The van der Waals surface area contributed by atoms with Crippen molar-refractivity contribution in [3.05, 3.63) is 52.5 Å². The number of nitrogens with zero attached hydrogens (tertiary/aromatic N) is 2. The molecule has 1 amide bonds. The van der Waals surface area contributed by atoms with E-state index in [1.165, 1.54) is 12.1 Å². The van der Waals surface area contributed by atoms with Gasteiger partial charge in [0.15, 0.2) is 5.75 Å². The van der Waals surface area contributed by atoms with Crippen LogP contribution in [0.1, 0.15) is 11.1 Å². The van der Waals surface area contributed by atoms with Crippen LogP contribution in [0.5, 0.6) is 5.75 Å². The Morgan fingerprint density at radius 3 is 2.52 bits per heavy atom. The Labute approximate surface area is 186 Å². The van der Waals surface area contributed by atoms with E-state index in [9.17, 15) is 26.7 Å². The Balaban J connectivity index is 1.95. The molecule has 0 atom stereocenters. The molecule has 0 saturated carbocycles. The van der Waals surface area contributed by atoms with Crippen LogP contribution in [0.15, 0.2) is 36.4 Å². The first-order chi connectivity index (χ1) is 13.4. The van der Waals surface area contributed by atoms with Gasteiger partial charge in [0.1, 0.15) is 11.4 Å². The second kappa shape index (κ2) is 7.81. The zero-order valence-electron chi connectivity index (χ0n) is 14.8. The monoisotopic (exact) mass is 571 g/mol. The van der Waals surface area contributed by atoms with Gasteiger partial charge in [-0.2, -0.15) is 7.64 Å². The predicted molar refractivity (Wildman–Crippen MR) is 118 cm³/mol. The van der Waals surface area contributed by atoms with E-state index < -0.39 is 31.7 Å². The number of aromatic hydroxyl groups is 1. The highest BCUT2D eigenvalue weighted by atomic mass is 127. The van der Waals surface area contributed by atoms with Crippen LogP contribution in [-0.2, 0) is 31.3 Å². The summed E-state index contributed by atoms with van der Waals surface area (Å²) in [7, 11) is -7.48. The van der Waals surface area contributed by atoms with Crippen molar-refractivity contribution in [3.63, 3.8) is 0 Å². The van der Waals surface area contributed by atoms with Crippen LogP contribution in [0, 0.1) is 0 Å². The molecule has 9 nitrogen and oxygen atoms in total. The highest BCUT2D eigenvalue weighted by Gasteiger charge is 2.42. The molecule has 0 spiro atoms. The quantitative estimate of drug-likeness (QED) is 0.419. The number of amides is 1. The van der Waals surface area contributed by atoms with E-state index in [2.05, 4.69) is 4.72 Å². The lowest BCUT2D eigenvalue weighted by molar-refractivity contribution is -0.121. The van der Waals surface area contributed by atoms with Gasteiger partial charge < -0.3 is 5.11 Å². The molecule has 3 rings (SSSR count). The molecule has 0 bridgehead atoms. The van der Waals surface area contributed by atoms with E-state index in [-0.39, 0.29) is 28.6 Å². The molecule has 1 heterocycles. The van der Waals surface area contributed by atoms with Gasteiger partial charge in [0.2, 0.25) is 10.0 Å². The van der Waals surface area contributed by atoms with Crippen molar-refractivity contribution >= 4 is 71.8 Å². The third kappa shape index (κ3) is 4.70. The van der Waals surface area contributed by atoms with Gasteiger partial charge in [-0.15, -0.1) is 0 Å². The summed E-state index contributed by atoms with van der Waals surface area (Å²) in [6, 6.07) is 9.19. The van der Waals surface area contributed by atoms with Crippen LogP contribution < -0.4 is 9.14 Å². The SMILES string of the molecule is CS(=O)(=O)Nc1c(Cl)cccc1Cc1ccc(N2N(I)C(=O)CS2(=O)=O)c(O)c1. The number of carbonyl (C=O) groups is 1. The maximum absolute atomic E-state index is 12.2. The molecule has 156 valence electrons. The number of carbonyl (C=O) groups excluding carboxylic acids is 1. The number of sulfonamides is 2. The van der Waals surface area contributed by atoms with Crippen LogP contribution in [-0.4, -0.2) is 43.1 Å². The Hall–Kier alpha value is -1.77. The van der Waals surface area contributed by atoms with Crippen LogP contribution in [0.3, 0.4) is 0 Å². The van der Waals surface area contributed by atoms with Crippen molar-refractivity contribution in [1.82, 2.24) is 3.22 Å². The van der Waals surface area contributed by atoms with E-state index in [1.807, 2.05) is 0 Å². The summed E-state index contributed by atoms with van der Waals surface area (Å²) in [6.07, 6.45) is 1.22. The van der Waals surface area contributed by atoms with Crippen molar-refractivity contribution in [3.8, 4) is 5.75 Å². The lowest BCUT2D eigenvalue weighted by Crippen LogP contribution is -2.33. The first-order valence-corrected chi connectivity index (χ1v) is 12.8. The van der Waals surface area contributed by atoms with Gasteiger partial charge in [0.25, 0.3) is 15.9 Å². The van der Waals surface area contributed by atoms with Gasteiger partial charge in [-0.25, -0.2) is 16.8 Å². The fourth-order valence-corrected chi connectivity index (χ4v) is 6.47. The van der Waals surface area contributed by atoms with Crippen LogP contribution in [0.25, 0.3) is 0 Å². The maximum Gasteiger partial charge on any atom is 0.268 e. The minimum absolute atomic E-state index is 0.0606. The fourth-order valence-electron chi connectivity index (χ4n) is 2.80. The van der Waals surface area contributed by atoms with E-state index in [0.717, 1.165) is 13.9 Å². The molecule has 2 aromatic carbocycles. The zero-order chi connectivity index (χ0) is 21.6. The largest absolute Gasteiger partial charge is 0.506 e. The Kier molecular flexibility index (Phi) is 5.91. The molecule has 0 aliphatic carbocycles. The summed E-state index contributed by atoms with van der Waals surface area (Å²) in [5, 5.41) is 10.6. The topological polar surface area (TPSA) is 124 Å². The van der Waals surface area contributed by atoms with Gasteiger partial charge in [-0.3, -0.25) is 9.52 Å². The van der Waals surface area contributed by atoms with E-state index in [0.29, 0.717) is 11.1 Å². The molecule has 1 fully saturated rings. The number of anilines is 2. The van der Waals surface area contributed by atoms with E-state index in [4.69, 9.17) is 11.6 Å². The van der Waals surface area contributed by atoms with E-state index >= 15 is 0 Å². The first kappa shape index (κ1) is 21.9. The summed E-state index contributed by atoms with van der Waals surface area (Å²) in [5.41, 5.74) is 1.31. The third-order valence-electron chi connectivity index (χ3n) is 3.96. The van der Waals surface area contributed by atoms with Gasteiger partial charge in [-0.05, 0) is 35.7 Å². The zero-order valence-corrected chi connectivity index (χ0v) is 19.4. The number of halogens is 2. The molecule has 1 saturated heterocycles. The standard InChI is InChI=1S/C16H15ClIN3O6S2/c1-28(24,25)19-16-11(3-2-4-12(16)17)7-10-5-6-13(14(22)8-10)21-20(18)15(23)9-29(21,26)27/h2-6,8,19,22H,7,9H2,1H3.